The number of allylic oxidation sites excluding steroid dienone is 19. The van der Waals surface area contributed by atoms with E-state index in [0.717, 1.165) is 158 Å². The number of aromatic nitrogens is 12. The van der Waals surface area contributed by atoms with E-state index in [2.05, 4.69) is 105 Å². The fraction of sp³-hybridized carbons (Fsp3) is 0.0924. The molecule has 0 bridgehead atoms. The lowest BCUT2D eigenvalue weighted by molar-refractivity contribution is 0.304. The second-order valence-electron chi connectivity index (χ2n) is 32.5. The van der Waals surface area contributed by atoms with E-state index in [1.165, 1.54) is 0 Å². The molecule has 0 atom stereocenters. The number of ether oxygens (including phenoxy) is 2. The number of nitrogens with zero attached hydrogens (tertiary/aromatic N) is 18. The van der Waals surface area contributed by atoms with Gasteiger partial charge in [0.25, 0.3) is 34.8 Å². The standard InChI is InChI=1S/C22H17NO2.C17H13N3O.C17H11N3O.C14H9N3O.C13H13N3.C13H11N3.C13H10N2O.C10H8N2O/c1-2-16-7-9-17(10-8-16)15-24-19-13-11-18(12-14-19)22-23-20-5-3-4-6-21(20)25-22;2*1-2-11-20-14-9-5-3-7-12(14)18-16(20)17-19-13-8-4-6-10-15(13)21-17;1-2-6-10-9(5-1)15-13(16-10)14-17-11-7-3-4-8-12(11)18-14;2*1-5-6-16-10(2)7-12(8-11(16)3)13(9-14)15-4;16-10-7-5-9(6-8-10)13-14-11-3-1-2-4-12(11)15-13;1-7-4-9(5-8(2)13-7)10(6-11)12-3/h2-14H,1,15H2;2-10H,1,11H2;1,3-10H,11H2;1-8H,(H,15,16);5,7-8H,1,6H2,2-3H3;1,7-8H,6H2,2-3H3;1-8,16H,(H,14,15);4-5H,1-2H3. The molecule has 3 aliphatic heterocycles. The highest BCUT2D eigenvalue weighted by molar-refractivity contribution is 5.85. The number of phenols is 1. The molecule has 0 aliphatic carbocycles. The maximum absolute atomic E-state index is 9.21. The fourth-order valence-electron chi connectivity index (χ4n) is 15.6. The van der Waals surface area contributed by atoms with Crippen molar-refractivity contribution in [2.45, 2.75) is 61.2 Å². The molecule has 0 amide bonds. The molecule has 3 aliphatic rings. The summed E-state index contributed by atoms with van der Waals surface area (Å²) in [5.41, 5.74) is 24.5. The van der Waals surface area contributed by atoms with Crippen molar-refractivity contribution in [3.05, 3.63) is 449 Å². The molecule has 146 heavy (non-hydrogen) atoms. The Balaban J connectivity index is 0.000000126. The van der Waals surface area contributed by atoms with Gasteiger partial charge in [-0.05, 0) is 251 Å². The van der Waals surface area contributed by atoms with Gasteiger partial charge in [0.1, 0.15) is 46.0 Å². The molecule has 3 N–H and O–H groups in total. The van der Waals surface area contributed by atoms with Crippen molar-refractivity contribution in [1.29, 1.82) is 15.8 Å². The second kappa shape index (κ2) is 47.5. The lowest BCUT2D eigenvalue weighted by Gasteiger charge is -2.28. The third kappa shape index (κ3) is 24.1. The zero-order valence-electron chi connectivity index (χ0n) is 80.4. The van der Waals surface area contributed by atoms with E-state index in [1.807, 2.05) is 341 Å². The number of terminal acetylenes is 2. The maximum Gasteiger partial charge on any atom is 0.269 e. The number of nitrogens with one attached hydrogen (secondary N) is 2. The molecule has 27 nitrogen and oxygen atoms in total. The Labute approximate surface area is 841 Å². The van der Waals surface area contributed by atoms with Crippen LogP contribution in [0.2, 0.25) is 0 Å². The van der Waals surface area contributed by atoms with Crippen LogP contribution in [-0.2, 0) is 24.4 Å². The third-order valence-corrected chi connectivity index (χ3v) is 22.5. The molecule has 0 saturated heterocycles. The van der Waals surface area contributed by atoms with Gasteiger partial charge in [-0.3, -0.25) is 0 Å². The molecule has 27 heteroatoms. The highest BCUT2D eigenvalue weighted by atomic mass is 16.5. The highest BCUT2D eigenvalue weighted by Crippen LogP contribution is 2.35. The van der Waals surface area contributed by atoms with Gasteiger partial charge in [-0.1, -0.05) is 158 Å². The van der Waals surface area contributed by atoms with Gasteiger partial charge in [0.05, 0.1) is 107 Å². The fourth-order valence-corrected chi connectivity index (χ4v) is 15.6. The molecule has 22 rings (SSSR count). The number of fused-ring (bicyclic) bond motifs is 8. The molecule has 8 aromatic heterocycles. The summed E-state index contributed by atoms with van der Waals surface area (Å²) >= 11 is 0. The van der Waals surface area contributed by atoms with E-state index in [-0.39, 0.29) is 22.8 Å². The normalized spacial score (nSPS) is 12.1. The number of H-pyrrole nitrogens is 2. The van der Waals surface area contributed by atoms with E-state index >= 15 is 0 Å². The first-order valence-corrected chi connectivity index (χ1v) is 45.7. The molecule has 0 spiro atoms. The predicted molar refractivity (Wildman–Crippen MR) is 571 cm³/mol. The zero-order valence-corrected chi connectivity index (χ0v) is 80.4. The van der Waals surface area contributed by atoms with Crippen LogP contribution in [0.15, 0.2) is 421 Å². The monoisotopic (exact) mass is 1910 g/mol. The van der Waals surface area contributed by atoms with Crippen molar-refractivity contribution in [1.82, 2.24) is 68.8 Å². The number of para-hydroxylation sites is 16. The Kier molecular flexibility index (Phi) is 32.4. The Morgan fingerprint density at radius 1 is 0.397 bits per heavy atom. The summed E-state index contributed by atoms with van der Waals surface area (Å²) in [6.45, 7) is 46.0. The Bertz CT molecular complexity index is 8430. The quantitative estimate of drug-likeness (QED) is 0.0371. The van der Waals surface area contributed by atoms with E-state index in [4.69, 9.17) is 75.5 Å². The number of hydrogen-bond donors (Lipinski definition) is 3. The van der Waals surface area contributed by atoms with Gasteiger partial charge >= 0.3 is 0 Å². The number of oxazole rings is 4. The number of aromatic hydroxyl groups is 1. The molecule has 0 saturated carbocycles. The van der Waals surface area contributed by atoms with E-state index in [1.54, 1.807) is 50.3 Å². The number of hydrogen-bond acceptors (Lipinski definition) is 20. The molecule has 0 unspecified atom stereocenters. The van der Waals surface area contributed by atoms with Crippen molar-refractivity contribution < 1.29 is 32.2 Å². The Morgan fingerprint density at radius 2 is 0.774 bits per heavy atom. The number of aromatic amines is 2. The second-order valence-corrected chi connectivity index (χ2v) is 32.5. The first-order chi connectivity index (χ1) is 71.2. The summed E-state index contributed by atoms with van der Waals surface area (Å²) in [7, 11) is 0. The van der Waals surface area contributed by atoms with Crippen LogP contribution in [0.25, 0.3) is 167 Å². The highest BCUT2D eigenvalue weighted by Gasteiger charge is 2.23. The van der Waals surface area contributed by atoms with E-state index < -0.39 is 0 Å². The number of nitriles is 3. The number of imidazole rings is 4. The van der Waals surface area contributed by atoms with Crippen molar-refractivity contribution in [3.63, 3.8) is 0 Å². The van der Waals surface area contributed by atoms with Gasteiger partial charge in [0.15, 0.2) is 39.8 Å². The van der Waals surface area contributed by atoms with Crippen LogP contribution in [0, 0.1) is 78.4 Å². The lowest BCUT2D eigenvalue weighted by atomic mass is 10.1. The van der Waals surface area contributed by atoms with Crippen LogP contribution in [-0.4, -0.2) is 87.0 Å². The molecule has 710 valence electrons. The minimum atomic E-state index is 0.0991. The van der Waals surface area contributed by atoms with Crippen molar-refractivity contribution in [2.24, 2.45) is 0 Å². The SMILES string of the molecule is C#CCn1c(-c2nc3ccccc3o2)nc2ccccc21.C=CCn1c(-c2nc3ccccc3o2)nc2ccccc21.C=Cc1ccc(COc2ccc(-c3nc4ccccc4o3)cc2)cc1.Oc1ccc(-c2nc3ccccc3[nH]2)cc1.[C-]#[N+]C(C#N)=C1C=C(C)N(CC#C)C(C)=C1.[C-]#[N+]C(C#N)=C1C=C(C)N(CC=C)C(C)=C1.[C-]#[N+]C(C#N)=C1C=C(C)OC(C)=C1.c1ccc2[nH]c(-c3nc4ccccc4o3)nc2c1. The average molecular weight is 1910 g/mol. The van der Waals surface area contributed by atoms with Crippen LogP contribution in [0.5, 0.6) is 11.5 Å². The summed E-state index contributed by atoms with van der Waals surface area (Å²) in [5.74, 6) is 12.7. The predicted octanol–water partition coefficient (Wildman–Crippen LogP) is 27.5. The summed E-state index contributed by atoms with van der Waals surface area (Å²) < 4.78 is 38.2. The molecule has 11 heterocycles. The minimum Gasteiger partial charge on any atom is -0.508 e. The van der Waals surface area contributed by atoms with E-state index in [0.29, 0.717) is 89.7 Å². The van der Waals surface area contributed by atoms with Crippen molar-refractivity contribution in [3.8, 4) is 112 Å². The molecule has 19 aromatic rings. The third-order valence-electron chi connectivity index (χ3n) is 22.5. The van der Waals surface area contributed by atoms with Crippen LogP contribution in [0.3, 0.4) is 0 Å². The van der Waals surface area contributed by atoms with Crippen molar-refractivity contribution in [2.75, 3.05) is 13.1 Å². The van der Waals surface area contributed by atoms with Crippen molar-refractivity contribution >= 4 is 94.6 Å². The Hall–Kier alpha value is -20.9. The van der Waals surface area contributed by atoms with Crippen LogP contribution >= 0.6 is 0 Å². The first kappa shape index (κ1) is 99.6. The minimum absolute atomic E-state index is 0.0991. The largest absolute Gasteiger partial charge is 0.508 e. The summed E-state index contributed by atoms with van der Waals surface area (Å²) in [4.78, 5) is 56.2. The molecule has 0 fully saturated rings. The maximum atomic E-state index is 9.21. The summed E-state index contributed by atoms with van der Waals surface area (Å²) in [5, 5.41) is 35.4. The zero-order chi connectivity index (χ0) is 103. The summed E-state index contributed by atoms with van der Waals surface area (Å²) in [6.07, 6.45) is 26.9. The van der Waals surface area contributed by atoms with Crippen LogP contribution in [0.4, 0.5) is 0 Å². The topological polar surface area (TPSA) is 327 Å². The number of benzene rings is 11. The summed E-state index contributed by atoms with van der Waals surface area (Å²) in [6, 6.07) is 91.0. The lowest BCUT2D eigenvalue weighted by Crippen LogP contribution is -2.22. The Morgan fingerprint density at radius 3 is 1.21 bits per heavy atom. The van der Waals surface area contributed by atoms with Crippen LogP contribution < -0.4 is 4.74 Å². The van der Waals surface area contributed by atoms with Gasteiger partial charge in [-0.25, -0.2) is 70.2 Å². The van der Waals surface area contributed by atoms with Crippen LogP contribution in [0.1, 0.15) is 52.7 Å². The molecule has 0 radical (unpaired) electrons. The van der Waals surface area contributed by atoms with E-state index in [9.17, 15) is 5.11 Å². The smallest absolute Gasteiger partial charge is 0.269 e. The molecular formula is C119H92N20O7. The first-order valence-electron chi connectivity index (χ1n) is 45.7. The van der Waals surface area contributed by atoms with Gasteiger partial charge in [-0.2, -0.15) is 0 Å². The number of rotatable bonds is 15. The molecule has 11 aromatic carbocycles. The van der Waals surface area contributed by atoms with Gasteiger partial charge in [0.2, 0.25) is 5.89 Å². The van der Waals surface area contributed by atoms with Gasteiger partial charge in [-0.15, -0.1) is 26.0 Å². The number of phenolic OH excluding ortho intramolecular Hbond substituents is 1. The van der Waals surface area contributed by atoms with Gasteiger partial charge in [0, 0.05) is 47.0 Å². The average Bonchev–Trinajstić information content (AvgIpc) is 1.63. The molecular weight excluding hydrogens is 1820 g/mol. The van der Waals surface area contributed by atoms with Gasteiger partial charge < -0.3 is 61.2 Å².